The summed E-state index contributed by atoms with van der Waals surface area (Å²) in [5.41, 5.74) is 5.87. The Morgan fingerprint density at radius 3 is 1.43 bits per heavy atom. The molecule has 2 N–H and O–H groups in total. The van der Waals surface area contributed by atoms with Crippen molar-refractivity contribution in [1.29, 1.82) is 0 Å². The van der Waals surface area contributed by atoms with E-state index >= 15 is 0 Å². The van der Waals surface area contributed by atoms with Gasteiger partial charge >= 0.3 is 68.5 Å². The third kappa shape index (κ3) is 0.0311. The quantitative estimate of drug-likeness (QED) is 0.763. The molecule has 0 aliphatic carbocycles. The third-order valence-electron chi connectivity index (χ3n) is 15.1. The fraction of sp³-hybridized carbons (Fsp3) is 0.909. The Morgan fingerprint density at radius 2 is 1.36 bits per heavy atom. The normalized spacial score (nSPS) is 142. The zero-order valence-corrected chi connectivity index (χ0v) is 10.1. The summed E-state index contributed by atoms with van der Waals surface area (Å²) in [5.74, 6) is 0.238. The number of primary amides is 1. The number of amides is 1. The number of rotatable bonds is 1. The zero-order chi connectivity index (χ0) is 8.59. The third-order valence-corrected chi connectivity index (χ3v) is 112. The summed E-state index contributed by atoms with van der Waals surface area (Å²) in [7, 11) is -3.48. The summed E-state index contributed by atoms with van der Waals surface area (Å²) in [6, 6.07) is 0. The fourth-order valence-electron chi connectivity index (χ4n) is 16.9. The van der Waals surface area contributed by atoms with Crippen LogP contribution < -0.4 is 5.73 Å². The minimum absolute atomic E-state index is 0.238. The van der Waals surface area contributed by atoms with Gasteiger partial charge in [0.25, 0.3) is 0 Å². The van der Waals surface area contributed by atoms with Crippen LogP contribution >= 0.6 is 0 Å². The molecule has 10 rings (SSSR count). The van der Waals surface area contributed by atoms with Crippen LogP contribution in [0.25, 0.3) is 0 Å². The molecule has 10 fully saturated rings. The van der Waals surface area contributed by atoms with Gasteiger partial charge in [0.1, 0.15) is 0 Å². The molecule has 0 aromatic carbocycles. The van der Waals surface area contributed by atoms with E-state index in [1.54, 1.807) is 0 Å². The molecule has 10 aliphatic rings. The second kappa shape index (κ2) is 0.292. The van der Waals surface area contributed by atoms with Crippen LogP contribution in [0.4, 0.5) is 0 Å². The van der Waals surface area contributed by atoms with Crippen molar-refractivity contribution >= 4 is 5.91 Å². The number of hydrogen-bond donors (Lipinski definition) is 1. The van der Waals surface area contributed by atoms with E-state index in [1.165, 1.54) is 31.3 Å². The number of hydrogen-bond acceptors (Lipinski definition) is 1. The standard InChI is InChI=1S/C6H6NO.C5H5.Os/c7-6(8)5-3-1-2-4-5;1-2-4-5-3-1;/h1-4H,(H2,7,8);1-5H;. The summed E-state index contributed by atoms with van der Waals surface area (Å²) in [6.07, 6.45) is 0. The SMILES string of the molecule is NC(=O)[C]12[CH]3[CH]4[CH]5[CH]1[Os]45321678[CH]2[CH]1[CH]6[CH]7[CH]28. The van der Waals surface area contributed by atoms with Crippen LogP contribution in [0.15, 0.2) is 0 Å². The van der Waals surface area contributed by atoms with E-state index in [9.17, 15) is 4.79 Å². The first-order valence-electron chi connectivity index (χ1n) is 6.00. The summed E-state index contributed by atoms with van der Waals surface area (Å²) in [5, 5.41) is 0. The van der Waals surface area contributed by atoms with E-state index in [0.717, 1.165) is 8.94 Å². The molecule has 10 heterocycles. The monoisotopic (exact) mass is 365 g/mol. The van der Waals surface area contributed by atoms with Crippen molar-refractivity contribution in [2.45, 2.75) is 44.2 Å². The number of nitrogens with two attached hydrogens (primary N) is 1. The van der Waals surface area contributed by atoms with Crippen LogP contribution in [0.5, 0.6) is 0 Å². The Bertz CT molecular complexity index is 849. The Labute approximate surface area is 68.7 Å². The van der Waals surface area contributed by atoms with Crippen LogP contribution in [0.2, 0.25) is 44.2 Å². The molecular formula is C11H11NOOs. The van der Waals surface area contributed by atoms with Crippen molar-refractivity contribution in [1.82, 2.24) is 0 Å². The number of carbonyl (C=O) groups is 1. The number of carbonyl (C=O) groups excluding carboxylic acids is 1. The Balaban J connectivity index is 1.98. The first-order chi connectivity index (χ1) is 6.49. The molecule has 10 aliphatic heterocycles. The van der Waals surface area contributed by atoms with E-state index in [0.29, 0.717) is 3.97 Å². The summed E-state index contributed by atoms with van der Waals surface area (Å²) < 4.78 is 11.4. The molecule has 0 aromatic heterocycles. The topological polar surface area (TPSA) is 43.1 Å². The van der Waals surface area contributed by atoms with E-state index in [2.05, 4.69) is 0 Å². The van der Waals surface area contributed by atoms with Gasteiger partial charge < -0.3 is 0 Å². The Morgan fingerprint density at radius 1 is 0.929 bits per heavy atom. The molecule has 0 bridgehead atoms. The first-order valence-corrected chi connectivity index (χ1v) is 20.5. The fourth-order valence-corrected chi connectivity index (χ4v) is 241. The molecular weight excluding hydrogens is 352 g/mol. The molecule has 3 heteroatoms. The predicted molar refractivity (Wildman–Crippen MR) is 45.6 cm³/mol. The summed E-state index contributed by atoms with van der Waals surface area (Å²) in [4.78, 5) is 12.0. The molecule has 4 unspecified atom stereocenters. The van der Waals surface area contributed by atoms with Crippen LogP contribution in [0, 0.1) is 0 Å². The minimum atomic E-state index is -3.48. The van der Waals surface area contributed by atoms with Gasteiger partial charge in [0, 0.05) is 0 Å². The van der Waals surface area contributed by atoms with Gasteiger partial charge in [-0.25, -0.2) is 0 Å². The second-order valence-corrected chi connectivity index (χ2v) is 64.2. The van der Waals surface area contributed by atoms with Crippen LogP contribution in [-0.4, -0.2) is 5.91 Å². The molecule has 1 amide bonds. The van der Waals surface area contributed by atoms with E-state index in [4.69, 9.17) is 5.73 Å². The molecule has 2 nitrogen and oxygen atoms in total. The zero-order valence-electron chi connectivity index (χ0n) is 7.54. The van der Waals surface area contributed by atoms with Gasteiger partial charge in [-0.05, 0) is 0 Å². The Kier molecular flexibility index (Phi) is 0.0947. The molecule has 0 radical (unpaired) electrons. The van der Waals surface area contributed by atoms with Gasteiger partial charge in [-0.3, -0.25) is 0 Å². The van der Waals surface area contributed by atoms with E-state index < -0.39 is 7.88 Å². The molecule has 10 saturated heterocycles. The van der Waals surface area contributed by atoms with Crippen LogP contribution in [-0.2, 0) is 12.7 Å². The number of fused-ring (bicyclic) bond motifs is 10. The van der Waals surface area contributed by atoms with Crippen molar-refractivity contribution in [2.24, 2.45) is 5.73 Å². The summed E-state index contributed by atoms with van der Waals surface area (Å²) in [6.45, 7) is 0. The average Bonchev–Trinajstić information content (AvgIpc) is 3.13. The van der Waals surface area contributed by atoms with E-state index in [1.807, 2.05) is 0 Å². The molecule has 74 valence electrons. The van der Waals surface area contributed by atoms with Crippen molar-refractivity contribution < 1.29 is 12.7 Å². The van der Waals surface area contributed by atoms with Crippen molar-refractivity contribution in [3.05, 3.63) is 0 Å². The van der Waals surface area contributed by atoms with Gasteiger partial charge in [-0.15, -0.1) is 0 Å². The first kappa shape index (κ1) is 4.54. The maximum absolute atomic E-state index is 12.0. The van der Waals surface area contributed by atoms with Gasteiger partial charge in [0.2, 0.25) is 0 Å². The molecule has 0 saturated carbocycles. The van der Waals surface area contributed by atoms with Gasteiger partial charge in [-0.1, -0.05) is 0 Å². The van der Waals surface area contributed by atoms with Gasteiger partial charge in [0.05, 0.1) is 0 Å². The molecule has 1 spiro atoms. The average molecular weight is 363 g/mol. The molecule has 4 atom stereocenters. The Hall–Kier alpha value is 0.106. The van der Waals surface area contributed by atoms with Crippen molar-refractivity contribution in [3.63, 3.8) is 0 Å². The molecule has 14 heavy (non-hydrogen) atoms. The van der Waals surface area contributed by atoms with E-state index in [-0.39, 0.29) is 5.91 Å². The summed E-state index contributed by atoms with van der Waals surface area (Å²) >= 11 is 0. The van der Waals surface area contributed by atoms with Crippen molar-refractivity contribution in [3.8, 4) is 0 Å². The molecule has 0 aromatic rings. The van der Waals surface area contributed by atoms with Crippen LogP contribution in [0.3, 0.4) is 0 Å². The van der Waals surface area contributed by atoms with Crippen LogP contribution in [0.1, 0.15) is 0 Å². The van der Waals surface area contributed by atoms with Crippen molar-refractivity contribution in [2.75, 3.05) is 0 Å². The predicted octanol–water partition coefficient (Wildman–Crippen LogP) is 2.23. The van der Waals surface area contributed by atoms with Gasteiger partial charge in [0.15, 0.2) is 0 Å². The van der Waals surface area contributed by atoms with Gasteiger partial charge in [-0.2, -0.15) is 0 Å². The second-order valence-electron chi connectivity index (χ2n) is 10.0. The maximum atomic E-state index is 12.0.